The minimum atomic E-state index is -0.480. The highest BCUT2D eigenvalue weighted by atomic mass is 32.1. The Morgan fingerprint density at radius 1 is 1.35 bits per heavy atom. The van der Waals surface area contributed by atoms with Gasteiger partial charge in [0.2, 0.25) is 0 Å². The van der Waals surface area contributed by atoms with Crippen LogP contribution in [-0.2, 0) is 0 Å². The summed E-state index contributed by atoms with van der Waals surface area (Å²) in [6.45, 7) is 1.74. The highest BCUT2D eigenvalue weighted by Crippen LogP contribution is 2.11. The maximum absolute atomic E-state index is 12.0. The monoisotopic (exact) mass is 287 g/mol. The molecule has 5 nitrogen and oxygen atoms in total. The zero-order valence-electron chi connectivity index (χ0n) is 10.8. The number of aromatic amines is 1. The lowest BCUT2D eigenvalue weighted by molar-refractivity contribution is 0.102. The molecule has 2 rings (SSSR count). The summed E-state index contributed by atoms with van der Waals surface area (Å²) >= 11 is 4.87. The van der Waals surface area contributed by atoms with Crippen molar-refractivity contribution in [3.63, 3.8) is 0 Å². The van der Waals surface area contributed by atoms with E-state index in [-0.39, 0.29) is 16.0 Å². The van der Waals surface area contributed by atoms with Crippen LogP contribution in [0.1, 0.15) is 21.6 Å². The first-order valence-corrected chi connectivity index (χ1v) is 6.29. The van der Waals surface area contributed by atoms with Crippen molar-refractivity contribution < 1.29 is 4.79 Å². The maximum Gasteiger partial charge on any atom is 0.261 e. The molecule has 4 N–H and O–H groups in total. The number of aromatic nitrogens is 1. The van der Waals surface area contributed by atoms with Crippen molar-refractivity contribution in [3.05, 3.63) is 63.6 Å². The van der Waals surface area contributed by atoms with Gasteiger partial charge in [-0.2, -0.15) is 0 Å². The number of carbonyl (C=O) groups excluding carboxylic acids is 1. The van der Waals surface area contributed by atoms with E-state index in [2.05, 4.69) is 10.3 Å². The molecule has 0 unspecified atom stereocenters. The lowest BCUT2D eigenvalue weighted by atomic mass is 10.2. The summed E-state index contributed by atoms with van der Waals surface area (Å²) in [5.41, 5.74) is 7.12. The zero-order chi connectivity index (χ0) is 14.7. The Balaban J connectivity index is 2.25. The molecule has 0 spiro atoms. The van der Waals surface area contributed by atoms with Crippen molar-refractivity contribution in [1.82, 2.24) is 4.98 Å². The van der Waals surface area contributed by atoms with Gasteiger partial charge in [0.05, 0.1) is 0 Å². The van der Waals surface area contributed by atoms with Crippen molar-refractivity contribution >= 4 is 28.8 Å². The average molecular weight is 287 g/mol. The van der Waals surface area contributed by atoms with Gasteiger partial charge in [0.25, 0.3) is 5.91 Å². The molecule has 0 atom stereocenters. The number of aryl methyl sites for hydroxylation is 1. The van der Waals surface area contributed by atoms with Crippen molar-refractivity contribution in [1.29, 1.82) is 0 Å². The molecule has 0 fully saturated rings. The van der Waals surface area contributed by atoms with E-state index < -0.39 is 5.91 Å². The van der Waals surface area contributed by atoms with Crippen LogP contribution in [0.3, 0.4) is 0 Å². The second-order valence-corrected chi connectivity index (χ2v) is 4.73. The zero-order valence-corrected chi connectivity index (χ0v) is 11.6. The molecule has 1 amide bonds. The van der Waals surface area contributed by atoms with E-state index in [1.54, 1.807) is 31.2 Å². The number of carbonyl (C=O) groups is 1. The number of hydrogen-bond acceptors (Lipinski definition) is 3. The molecule has 0 aliphatic rings. The molecule has 2 aromatic rings. The highest BCUT2D eigenvalue weighted by Gasteiger charge is 2.10. The number of anilines is 1. The molecule has 102 valence electrons. The third-order valence-electron chi connectivity index (χ3n) is 2.71. The Morgan fingerprint density at radius 2 is 2.10 bits per heavy atom. The summed E-state index contributed by atoms with van der Waals surface area (Å²) in [5.74, 6) is -0.480. The fraction of sp³-hybridized carbons (Fsp3) is 0.0714. The SMILES string of the molecule is Cc1cc(=O)c(C(=O)Nc2cccc(C(N)=S)c2)c[nH]1. The largest absolute Gasteiger partial charge is 0.389 e. The molecule has 0 aliphatic heterocycles. The number of benzene rings is 1. The third kappa shape index (κ3) is 3.10. The predicted molar refractivity (Wildman–Crippen MR) is 82.1 cm³/mol. The molecule has 0 saturated carbocycles. The molecule has 0 saturated heterocycles. The summed E-state index contributed by atoms with van der Waals surface area (Å²) in [5, 5.41) is 2.64. The lowest BCUT2D eigenvalue weighted by Gasteiger charge is -2.06. The van der Waals surface area contributed by atoms with E-state index in [0.29, 0.717) is 16.9 Å². The van der Waals surface area contributed by atoms with Crippen molar-refractivity contribution in [2.75, 3.05) is 5.32 Å². The summed E-state index contributed by atoms with van der Waals surface area (Å²) in [6, 6.07) is 8.20. The quantitative estimate of drug-likeness (QED) is 0.748. The molecular formula is C14H13N3O2S. The van der Waals surface area contributed by atoms with E-state index in [4.69, 9.17) is 18.0 Å². The van der Waals surface area contributed by atoms with Gasteiger partial charge in [0, 0.05) is 29.2 Å². The Hall–Kier alpha value is -2.47. The van der Waals surface area contributed by atoms with E-state index >= 15 is 0 Å². The van der Waals surface area contributed by atoms with Crippen LogP contribution < -0.4 is 16.5 Å². The average Bonchev–Trinajstić information content (AvgIpc) is 2.38. The second kappa shape index (κ2) is 5.66. The summed E-state index contributed by atoms with van der Waals surface area (Å²) < 4.78 is 0. The number of nitrogens with one attached hydrogen (secondary N) is 2. The molecule has 0 aliphatic carbocycles. The second-order valence-electron chi connectivity index (χ2n) is 4.29. The molecule has 0 radical (unpaired) electrons. The standard InChI is InChI=1S/C14H13N3O2S/c1-8-5-12(18)11(7-16-8)14(19)17-10-4-2-3-9(6-10)13(15)20/h2-7H,1H3,(H2,15,20)(H,16,18)(H,17,19). The van der Waals surface area contributed by atoms with Gasteiger partial charge in [-0.1, -0.05) is 24.4 Å². The first-order valence-electron chi connectivity index (χ1n) is 5.88. The van der Waals surface area contributed by atoms with Crippen molar-refractivity contribution in [2.45, 2.75) is 6.92 Å². The van der Waals surface area contributed by atoms with Gasteiger partial charge >= 0.3 is 0 Å². The first kappa shape index (κ1) is 14.0. The summed E-state index contributed by atoms with van der Waals surface area (Å²) in [6.07, 6.45) is 1.39. The molecule has 6 heteroatoms. The van der Waals surface area contributed by atoms with Gasteiger partial charge in [-0.05, 0) is 19.1 Å². The molecule has 1 aromatic heterocycles. The van der Waals surface area contributed by atoms with Gasteiger partial charge in [0.1, 0.15) is 10.6 Å². The minimum absolute atomic E-state index is 0.0522. The number of rotatable bonds is 3. The highest BCUT2D eigenvalue weighted by molar-refractivity contribution is 7.80. The Kier molecular flexibility index (Phi) is 3.95. The van der Waals surface area contributed by atoms with E-state index in [0.717, 1.165) is 0 Å². The molecule has 1 aromatic carbocycles. The van der Waals surface area contributed by atoms with Gasteiger partial charge in [0.15, 0.2) is 5.43 Å². The van der Waals surface area contributed by atoms with Gasteiger partial charge in [-0.25, -0.2) is 0 Å². The van der Waals surface area contributed by atoms with E-state index in [1.807, 2.05) is 0 Å². The maximum atomic E-state index is 12.0. The van der Waals surface area contributed by atoms with Crippen LogP contribution in [0, 0.1) is 6.92 Å². The fourth-order valence-corrected chi connectivity index (χ4v) is 1.83. The van der Waals surface area contributed by atoms with Gasteiger partial charge in [-0.15, -0.1) is 0 Å². The number of thiocarbonyl (C=S) groups is 1. The van der Waals surface area contributed by atoms with Crippen LogP contribution in [-0.4, -0.2) is 15.9 Å². The molecule has 20 heavy (non-hydrogen) atoms. The number of H-pyrrole nitrogens is 1. The van der Waals surface area contributed by atoms with E-state index in [1.165, 1.54) is 12.3 Å². The topological polar surface area (TPSA) is 88.0 Å². The Morgan fingerprint density at radius 3 is 2.75 bits per heavy atom. The molecular weight excluding hydrogens is 274 g/mol. The normalized spacial score (nSPS) is 10.1. The first-order chi connectivity index (χ1) is 9.47. The van der Waals surface area contributed by atoms with Crippen LogP contribution in [0.5, 0.6) is 0 Å². The van der Waals surface area contributed by atoms with Crippen LogP contribution in [0.15, 0.2) is 41.3 Å². The fourth-order valence-electron chi connectivity index (χ4n) is 1.70. The Bertz CT molecular complexity index is 737. The van der Waals surface area contributed by atoms with Gasteiger partial charge in [-0.3, -0.25) is 9.59 Å². The molecule has 1 heterocycles. The number of pyridine rings is 1. The van der Waals surface area contributed by atoms with Crippen molar-refractivity contribution in [2.24, 2.45) is 5.73 Å². The van der Waals surface area contributed by atoms with Crippen LogP contribution >= 0.6 is 12.2 Å². The Labute approximate surface area is 120 Å². The minimum Gasteiger partial charge on any atom is -0.389 e. The third-order valence-corrected chi connectivity index (χ3v) is 2.94. The summed E-state index contributed by atoms with van der Waals surface area (Å²) in [4.78, 5) is 26.8. The number of hydrogen-bond donors (Lipinski definition) is 3. The number of nitrogens with two attached hydrogens (primary N) is 1. The summed E-state index contributed by atoms with van der Waals surface area (Å²) in [7, 11) is 0. The smallest absolute Gasteiger partial charge is 0.261 e. The van der Waals surface area contributed by atoms with E-state index in [9.17, 15) is 9.59 Å². The van der Waals surface area contributed by atoms with Crippen LogP contribution in [0.4, 0.5) is 5.69 Å². The molecule has 0 bridgehead atoms. The van der Waals surface area contributed by atoms with Gasteiger partial charge < -0.3 is 16.0 Å². The lowest BCUT2D eigenvalue weighted by Crippen LogP contribution is -2.21. The van der Waals surface area contributed by atoms with Crippen LogP contribution in [0.2, 0.25) is 0 Å². The van der Waals surface area contributed by atoms with Crippen molar-refractivity contribution in [3.8, 4) is 0 Å². The predicted octanol–water partition coefficient (Wildman–Crippen LogP) is 1.57. The van der Waals surface area contributed by atoms with Crippen LogP contribution in [0.25, 0.3) is 0 Å². The number of amides is 1.